The zero-order valence-electron chi connectivity index (χ0n) is 28.6. The number of unbranched alkanes of at least 4 members (excludes halogenated alkanes) is 1. The first-order valence-electron chi connectivity index (χ1n) is 18.7. The smallest absolute Gasteiger partial charge is 0.0563 e. The fraction of sp³-hybridized carbons (Fsp3) is 1.00. The van der Waals surface area contributed by atoms with Crippen LogP contribution in [0.3, 0.4) is 0 Å². The standard InChI is InChI=1S/C37H72N4O/c1-27(2)35(42)15-10-28(3)32-13-14-33-31-12-11-29-26-30(16-18-36(29,4)34(31)17-19-37(32,33)5)41-25-9-24-40-22-7-6-21-39-23-8-20-38/h27-35,39-42H,6-26,38H2,1-5H3/t28-,29+,30+,31?,32-,33?,34?,35?,36+,37-/m1/s1. The fourth-order valence-corrected chi connectivity index (χ4v) is 10.9. The van der Waals surface area contributed by atoms with E-state index in [1.54, 1.807) is 0 Å². The van der Waals surface area contributed by atoms with Gasteiger partial charge in [0.2, 0.25) is 0 Å². The molecule has 5 nitrogen and oxygen atoms in total. The molecule has 4 unspecified atom stereocenters. The Morgan fingerprint density at radius 1 is 0.738 bits per heavy atom. The van der Waals surface area contributed by atoms with Crippen LogP contribution in [0.2, 0.25) is 0 Å². The highest BCUT2D eigenvalue weighted by Crippen LogP contribution is 2.68. The van der Waals surface area contributed by atoms with Crippen LogP contribution in [-0.4, -0.2) is 56.5 Å². The maximum atomic E-state index is 10.4. The predicted octanol–water partition coefficient (Wildman–Crippen LogP) is 6.74. The van der Waals surface area contributed by atoms with Gasteiger partial charge in [-0.05, 0) is 188 Å². The van der Waals surface area contributed by atoms with E-state index in [1.807, 2.05) is 0 Å². The first kappa shape index (κ1) is 34.7. The van der Waals surface area contributed by atoms with Crippen molar-refractivity contribution in [3.05, 3.63) is 0 Å². The van der Waals surface area contributed by atoms with Crippen LogP contribution in [0, 0.1) is 52.3 Å². The molecule has 0 radical (unpaired) electrons. The van der Waals surface area contributed by atoms with Gasteiger partial charge in [-0.2, -0.15) is 0 Å². The average molecular weight is 589 g/mol. The molecule has 4 saturated carbocycles. The molecule has 4 fully saturated rings. The molecule has 5 heteroatoms. The molecule has 0 saturated heterocycles. The van der Waals surface area contributed by atoms with Crippen molar-refractivity contribution >= 4 is 0 Å². The average Bonchev–Trinajstić information content (AvgIpc) is 3.33. The van der Waals surface area contributed by atoms with E-state index < -0.39 is 0 Å². The quantitative estimate of drug-likeness (QED) is 0.115. The van der Waals surface area contributed by atoms with Crippen molar-refractivity contribution in [1.29, 1.82) is 0 Å². The monoisotopic (exact) mass is 589 g/mol. The summed E-state index contributed by atoms with van der Waals surface area (Å²) in [6.07, 6.45) is 20.0. The number of aliphatic hydroxyl groups excluding tert-OH is 1. The van der Waals surface area contributed by atoms with Gasteiger partial charge in [0.15, 0.2) is 0 Å². The summed E-state index contributed by atoms with van der Waals surface area (Å²) in [4.78, 5) is 0. The fourth-order valence-electron chi connectivity index (χ4n) is 10.9. The third kappa shape index (κ3) is 8.33. The molecule has 4 aliphatic carbocycles. The van der Waals surface area contributed by atoms with Crippen molar-refractivity contribution in [2.45, 2.75) is 143 Å². The first-order chi connectivity index (χ1) is 20.2. The van der Waals surface area contributed by atoms with E-state index >= 15 is 0 Å². The number of nitrogens with one attached hydrogen (secondary N) is 3. The van der Waals surface area contributed by atoms with Crippen molar-refractivity contribution in [1.82, 2.24) is 16.0 Å². The Morgan fingerprint density at radius 3 is 2.12 bits per heavy atom. The number of aliphatic hydroxyl groups is 1. The maximum Gasteiger partial charge on any atom is 0.0563 e. The van der Waals surface area contributed by atoms with Gasteiger partial charge < -0.3 is 26.8 Å². The van der Waals surface area contributed by atoms with E-state index in [0.717, 1.165) is 87.1 Å². The molecular formula is C37H72N4O. The van der Waals surface area contributed by atoms with Crippen molar-refractivity contribution in [2.75, 3.05) is 39.3 Å². The molecule has 246 valence electrons. The van der Waals surface area contributed by atoms with Crippen molar-refractivity contribution < 1.29 is 5.11 Å². The molecule has 0 aromatic rings. The minimum Gasteiger partial charge on any atom is -0.393 e. The number of hydrogen-bond acceptors (Lipinski definition) is 5. The van der Waals surface area contributed by atoms with Gasteiger partial charge in [0.05, 0.1) is 6.10 Å². The van der Waals surface area contributed by atoms with Crippen LogP contribution in [0.1, 0.15) is 131 Å². The Labute approximate surface area is 261 Å². The van der Waals surface area contributed by atoms with Crippen molar-refractivity contribution in [3.8, 4) is 0 Å². The van der Waals surface area contributed by atoms with Crippen molar-refractivity contribution in [2.24, 2.45) is 58.0 Å². The molecule has 0 aliphatic heterocycles. The van der Waals surface area contributed by atoms with Crippen LogP contribution in [0.5, 0.6) is 0 Å². The van der Waals surface area contributed by atoms with Gasteiger partial charge in [0.25, 0.3) is 0 Å². The zero-order valence-corrected chi connectivity index (χ0v) is 28.6. The van der Waals surface area contributed by atoms with Crippen LogP contribution < -0.4 is 21.7 Å². The van der Waals surface area contributed by atoms with Gasteiger partial charge >= 0.3 is 0 Å². The van der Waals surface area contributed by atoms with E-state index in [0.29, 0.717) is 16.7 Å². The Morgan fingerprint density at radius 2 is 1.40 bits per heavy atom. The Bertz CT molecular complexity index is 777. The first-order valence-corrected chi connectivity index (χ1v) is 18.7. The van der Waals surface area contributed by atoms with Gasteiger partial charge in [0.1, 0.15) is 0 Å². The minimum atomic E-state index is -0.126. The van der Waals surface area contributed by atoms with E-state index in [-0.39, 0.29) is 6.10 Å². The van der Waals surface area contributed by atoms with Gasteiger partial charge in [-0.25, -0.2) is 0 Å². The molecule has 0 bridgehead atoms. The van der Waals surface area contributed by atoms with Crippen LogP contribution in [0.25, 0.3) is 0 Å². The molecule has 0 aromatic carbocycles. The molecule has 4 aliphatic rings. The van der Waals surface area contributed by atoms with E-state index in [1.165, 1.54) is 90.0 Å². The predicted molar refractivity (Wildman–Crippen MR) is 180 cm³/mol. The summed E-state index contributed by atoms with van der Waals surface area (Å²) in [5.74, 6) is 5.83. The van der Waals surface area contributed by atoms with E-state index in [4.69, 9.17) is 5.73 Å². The van der Waals surface area contributed by atoms with Gasteiger partial charge in [-0.3, -0.25) is 0 Å². The molecule has 4 rings (SSSR count). The van der Waals surface area contributed by atoms with Crippen LogP contribution >= 0.6 is 0 Å². The van der Waals surface area contributed by atoms with Gasteiger partial charge in [-0.1, -0.05) is 34.6 Å². The summed E-state index contributed by atoms with van der Waals surface area (Å²) in [6, 6.07) is 0.742. The SMILES string of the molecule is CC(C)C(O)CC[C@@H](C)[C@H]1CCC2C3CC[C@H]4C[C@@H](NCCCNCCCCNCCCN)CC[C@]4(C)C3CC[C@@]21C. The number of hydrogen-bond donors (Lipinski definition) is 5. The second kappa shape index (κ2) is 16.4. The molecule has 0 spiro atoms. The second-order valence-electron chi connectivity index (χ2n) is 16.4. The molecule has 10 atom stereocenters. The summed E-state index contributed by atoms with van der Waals surface area (Å²) < 4.78 is 0. The molecule has 0 aromatic heterocycles. The number of nitrogens with two attached hydrogens (primary N) is 1. The second-order valence-corrected chi connectivity index (χ2v) is 16.4. The van der Waals surface area contributed by atoms with Crippen LogP contribution in [0.15, 0.2) is 0 Å². The topological polar surface area (TPSA) is 82.3 Å². The third-order valence-electron chi connectivity index (χ3n) is 13.6. The Balaban J connectivity index is 1.17. The molecule has 42 heavy (non-hydrogen) atoms. The maximum absolute atomic E-state index is 10.4. The van der Waals surface area contributed by atoms with Gasteiger partial charge in [-0.15, -0.1) is 0 Å². The van der Waals surface area contributed by atoms with E-state index in [9.17, 15) is 5.11 Å². The lowest BCUT2D eigenvalue weighted by atomic mass is 9.44. The largest absolute Gasteiger partial charge is 0.393 e. The minimum absolute atomic E-state index is 0.126. The Hall–Kier alpha value is -0.200. The number of rotatable bonds is 18. The molecule has 6 N–H and O–H groups in total. The van der Waals surface area contributed by atoms with E-state index in [2.05, 4.69) is 50.6 Å². The molecular weight excluding hydrogens is 516 g/mol. The summed E-state index contributed by atoms with van der Waals surface area (Å²) >= 11 is 0. The highest BCUT2D eigenvalue weighted by Gasteiger charge is 2.60. The van der Waals surface area contributed by atoms with Gasteiger partial charge in [0, 0.05) is 6.04 Å². The summed E-state index contributed by atoms with van der Waals surface area (Å²) in [5.41, 5.74) is 6.66. The molecule has 0 heterocycles. The van der Waals surface area contributed by atoms with Crippen LogP contribution in [-0.2, 0) is 0 Å². The Kier molecular flexibility index (Phi) is 13.5. The lowest BCUT2D eigenvalue weighted by molar-refractivity contribution is -0.118. The normalized spacial score (nSPS) is 37.7. The highest BCUT2D eigenvalue weighted by atomic mass is 16.3. The lowest BCUT2D eigenvalue weighted by Crippen LogP contribution is -2.55. The third-order valence-corrected chi connectivity index (χ3v) is 13.6. The van der Waals surface area contributed by atoms with Crippen LogP contribution in [0.4, 0.5) is 0 Å². The van der Waals surface area contributed by atoms with Crippen molar-refractivity contribution in [3.63, 3.8) is 0 Å². The lowest BCUT2D eigenvalue weighted by Gasteiger charge is -2.61. The zero-order chi connectivity index (χ0) is 30.2. The number of fused-ring (bicyclic) bond motifs is 5. The molecule has 0 amide bonds. The highest BCUT2D eigenvalue weighted by molar-refractivity contribution is 5.10. The summed E-state index contributed by atoms with van der Waals surface area (Å²) in [7, 11) is 0. The summed E-state index contributed by atoms with van der Waals surface area (Å²) in [5, 5.41) is 21.6. The summed E-state index contributed by atoms with van der Waals surface area (Å²) in [6.45, 7) is 18.7.